The molecule has 4 rings (SSSR count). The lowest BCUT2D eigenvalue weighted by atomic mass is 10.1. The molecule has 0 amide bonds. The van der Waals surface area contributed by atoms with Crippen LogP contribution in [0.2, 0.25) is 0 Å². The molecule has 4 aromatic rings. The van der Waals surface area contributed by atoms with Crippen LogP contribution in [0.3, 0.4) is 0 Å². The molecule has 0 bridgehead atoms. The second kappa shape index (κ2) is 7.01. The molecule has 4 nitrogen and oxygen atoms in total. The van der Waals surface area contributed by atoms with Gasteiger partial charge in [-0.3, -0.25) is 4.98 Å². The van der Waals surface area contributed by atoms with Gasteiger partial charge in [0.1, 0.15) is 5.82 Å². The van der Waals surface area contributed by atoms with Crippen molar-refractivity contribution >= 4 is 5.69 Å². The van der Waals surface area contributed by atoms with Gasteiger partial charge in [0.15, 0.2) is 0 Å². The third-order valence-electron chi connectivity index (χ3n) is 4.00. The molecule has 0 aliphatic carbocycles. The Bertz CT molecular complexity index is 932. The van der Waals surface area contributed by atoms with Crippen molar-refractivity contribution in [3.05, 3.63) is 90.9 Å². The van der Waals surface area contributed by atoms with Gasteiger partial charge in [-0.25, -0.2) is 4.98 Å². The number of nitrogens with zero attached hydrogens (tertiary/aromatic N) is 2. The smallest absolute Gasteiger partial charge is 0.139 e. The van der Waals surface area contributed by atoms with E-state index in [0.29, 0.717) is 6.54 Å². The first-order chi connectivity index (χ1) is 12.4. The molecule has 4 heteroatoms. The average Bonchev–Trinajstić information content (AvgIpc) is 3.13. The van der Waals surface area contributed by atoms with Crippen LogP contribution in [0.25, 0.3) is 22.6 Å². The number of anilines is 1. The summed E-state index contributed by atoms with van der Waals surface area (Å²) in [4.78, 5) is 12.5. The van der Waals surface area contributed by atoms with E-state index in [1.54, 1.807) is 6.20 Å². The summed E-state index contributed by atoms with van der Waals surface area (Å²) in [5.74, 6) is 0.830. The van der Waals surface area contributed by atoms with Crippen molar-refractivity contribution in [2.75, 3.05) is 5.32 Å². The molecule has 0 aliphatic heterocycles. The van der Waals surface area contributed by atoms with E-state index in [4.69, 9.17) is 4.98 Å². The molecule has 0 fully saturated rings. The lowest BCUT2D eigenvalue weighted by Crippen LogP contribution is -2.01. The first-order valence-corrected chi connectivity index (χ1v) is 8.24. The highest BCUT2D eigenvalue weighted by molar-refractivity contribution is 5.67. The van der Waals surface area contributed by atoms with Crippen LogP contribution in [0.5, 0.6) is 0 Å². The van der Waals surface area contributed by atoms with Crippen molar-refractivity contribution in [3.63, 3.8) is 0 Å². The largest absolute Gasteiger partial charge is 0.379 e. The van der Waals surface area contributed by atoms with E-state index >= 15 is 0 Å². The Hall–Kier alpha value is -3.40. The van der Waals surface area contributed by atoms with Crippen molar-refractivity contribution in [1.29, 1.82) is 0 Å². The molecule has 2 heterocycles. The third-order valence-corrected chi connectivity index (χ3v) is 4.00. The van der Waals surface area contributed by atoms with Crippen molar-refractivity contribution < 1.29 is 0 Å². The summed E-state index contributed by atoms with van der Waals surface area (Å²) in [5.41, 5.74) is 5.17. The monoisotopic (exact) mass is 326 g/mol. The van der Waals surface area contributed by atoms with E-state index in [9.17, 15) is 0 Å². The van der Waals surface area contributed by atoms with Crippen LogP contribution in [-0.4, -0.2) is 15.0 Å². The second-order valence-corrected chi connectivity index (χ2v) is 5.74. The molecule has 0 atom stereocenters. The average molecular weight is 326 g/mol. The van der Waals surface area contributed by atoms with Crippen LogP contribution in [-0.2, 0) is 6.54 Å². The Morgan fingerprint density at radius 1 is 0.800 bits per heavy atom. The van der Waals surface area contributed by atoms with Crippen molar-refractivity contribution in [2.24, 2.45) is 0 Å². The second-order valence-electron chi connectivity index (χ2n) is 5.74. The number of pyridine rings is 1. The standard InChI is InChI=1S/C21H18N4/c1-3-8-16(9-4-1)20-19(15-23-18-11-5-2-6-12-18)24-21(25-20)17-10-7-13-22-14-17/h1-14,23H,15H2,(H,24,25). The maximum Gasteiger partial charge on any atom is 0.139 e. The van der Waals surface area contributed by atoms with E-state index in [-0.39, 0.29) is 0 Å². The fourth-order valence-corrected chi connectivity index (χ4v) is 2.76. The van der Waals surface area contributed by atoms with E-state index in [1.807, 2.05) is 54.7 Å². The number of rotatable bonds is 5. The lowest BCUT2D eigenvalue weighted by molar-refractivity contribution is 1.08. The number of H-pyrrole nitrogens is 1. The normalized spacial score (nSPS) is 10.6. The number of imidazole rings is 1. The van der Waals surface area contributed by atoms with Gasteiger partial charge in [0.25, 0.3) is 0 Å². The van der Waals surface area contributed by atoms with E-state index in [0.717, 1.165) is 34.0 Å². The minimum absolute atomic E-state index is 0.668. The molecule has 0 radical (unpaired) electrons. The predicted molar refractivity (Wildman–Crippen MR) is 101 cm³/mol. The van der Waals surface area contributed by atoms with Gasteiger partial charge >= 0.3 is 0 Å². The highest BCUT2D eigenvalue weighted by Gasteiger charge is 2.13. The summed E-state index contributed by atoms with van der Waals surface area (Å²) in [6, 6.07) is 24.3. The van der Waals surface area contributed by atoms with Gasteiger partial charge in [0.05, 0.1) is 17.9 Å². The summed E-state index contributed by atoms with van der Waals surface area (Å²) in [7, 11) is 0. The zero-order valence-corrected chi connectivity index (χ0v) is 13.7. The van der Waals surface area contributed by atoms with E-state index < -0.39 is 0 Å². The minimum atomic E-state index is 0.668. The number of nitrogens with one attached hydrogen (secondary N) is 2. The quantitative estimate of drug-likeness (QED) is 0.556. The van der Waals surface area contributed by atoms with E-state index in [2.05, 4.69) is 39.6 Å². The van der Waals surface area contributed by atoms with Crippen molar-refractivity contribution in [2.45, 2.75) is 6.54 Å². The summed E-state index contributed by atoms with van der Waals surface area (Å²) in [6.07, 6.45) is 3.59. The van der Waals surface area contributed by atoms with Gasteiger partial charge in [0.2, 0.25) is 0 Å². The molecule has 0 aliphatic rings. The fourth-order valence-electron chi connectivity index (χ4n) is 2.76. The Labute approximate surface area is 146 Å². The highest BCUT2D eigenvalue weighted by atomic mass is 15.0. The third kappa shape index (κ3) is 3.43. The molecule has 122 valence electrons. The number of aromatic nitrogens is 3. The van der Waals surface area contributed by atoms with Crippen LogP contribution in [0.1, 0.15) is 5.69 Å². The van der Waals surface area contributed by atoms with Gasteiger partial charge < -0.3 is 10.3 Å². The zero-order chi connectivity index (χ0) is 16.9. The number of hydrogen-bond donors (Lipinski definition) is 2. The maximum atomic E-state index is 4.83. The lowest BCUT2D eigenvalue weighted by Gasteiger charge is -2.06. The molecule has 2 aromatic heterocycles. The van der Waals surface area contributed by atoms with Crippen LogP contribution in [0.4, 0.5) is 5.69 Å². The van der Waals surface area contributed by atoms with Gasteiger partial charge in [0, 0.05) is 29.2 Å². The topological polar surface area (TPSA) is 53.6 Å². The number of benzene rings is 2. The molecule has 2 aromatic carbocycles. The molecule has 0 unspecified atom stereocenters. The Morgan fingerprint density at radius 3 is 2.24 bits per heavy atom. The minimum Gasteiger partial charge on any atom is -0.379 e. The van der Waals surface area contributed by atoms with Crippen LogP contribution in [0.15, 0.2) is 85.2 Å². The summed E-state index contributed by atoms with van der Waals surface area (Å²) in [6.45, 7) is 0.668. The summed E-state index contributed by atoms with van der Waals surface area (Å²) >= 11 is 0. The Balaban J connectivity index is 1.69. The highest BCUT2D eigenvalue weighted by Crippen LogP contribution is 2.26. The molecule has 0 spiro atoms. The van der Waals surface area contributed by atoms with Crippen LogP contribution < -0.4 is 5.32 Å². The van der Waals surface area contributed by atoms with Crippen LogP contribution in [0, 0.1) is 0 Å². The maximum absolute atomic E-state index is 4.83. The van der Waals surface area contributed by atoms with Crippen molar-refractivity contribution in [1.82, 2.24) is 15.0 Å². The summed E-state index contributed by atoms with van der Waals surface area (Å²) < 4.78 is 0. The Morgan fingerprint density at radius 2 is 1.52 bits per heavy atom. The number of para-hydroxylation sites is 1. The van der Waals surface area contributed by atoms with E-state index in [1.165, 1.54) is 0 Å². The summed E-state index contributed by atoms with van der Waals surface area (Å²) in [5, 5.41) is 3.45. The zero-order valence-electron chi connectivity index (χ0n) is 13.7. The first kappa shape index (κ1) is 15.1. The number of aromatic amines is 1. The Kier molecular flexibility index (Phi) is 4.25. The van der Waals surface area contributed by atoms with Gasteiger partial charge in [-0.1, -0.05) is 48.5 Å². The molecule has 0 saturated heterocycles. The SMILES string of the molecule is c1ccc(NCc2[nH]c(-c3cccnc3)nc2-c2ccccc2)cc1. The van der Waals surface area contributed by atoms with Crippen molar-refractivity contribution in [3.8, 4) is 22.6 Å². The first-order valence-electron chi connectivity index (χ1n) is 8.24. The van der Waals surface area contributed by atoms with Gasteiger partial charge in [-0.05, 0) is 24.3 Å². The number of hydrogen-bond acceptors (Lipinski definition) is 3. The van der Waals surface area contributed by atoms with Gasteiger partial charge in [-0.2, -0.15) is 0 Å². The predicted octanol–water partition coefficient (Wildman–Crippen LogP) is 4.75. The molecule has 2 N–H and O–H groups in total. The fraction of sp³-hybridized carbons (Fsp3) is 0.0476. The van der Waals surface area contributed by atoms with Crippen LogP contribution >= 0.6 is 0 Å². The molecule has 25 heavy (non-hydrogen) atoms. The molecule has 0 saturated carbocycles. The molecular formula is C21H18N4. The van der Waals surface area contributed by atoms with Gasteiger partial charge in [-0.15, -0.1) is 0 Å². The molecular weight excluding hydrogens is 308 g/mol.